The summed E-state index contributed by atoms with van der Waals surface area (Å²) < 4.78 is 22.2. The van der Waals surface area contributed by atoms with E-state index >= 15 is 0 Å². The van der Waals surface area contributed by atoms with Gasteiger partial charge in [0.2, 0.25) is 11.8 Å². The SMILES string of the molecule is CCCCOc1cccc(CCNC(COC)C(=O)N(C)C)c1.CCCCOc1cccc(CCNC(COCCC)C(=O)N(C)C)c1. The highest BCUT2D eigenvalue weighted by Gasteiger charge is 2.20. The number of nitrogens with zero attached hydrogens (tertiary/aromatic N) is 2. The quantitative estimate of drug-likeness (QED) is 0.151. The Kier molecular flexibility index (Phi) is 23.9. The first kappa shape index (κ1) is 42.8. The van der Waals surface area contributed by atoms with Gasteiger partial charge < -0.3 is 39.4 Å². The minimum Gasteiger partial charge on any atom is -0.494 e. The number of amides is 2. The van der Waals surface area contributed by atoms with Crippen molar-refractivity contribution < 1.29 is 28.5 Å². The number of likely N-dealkylation sites (N-methyl/N-ethyl adjacent to an activating group) is 2. The van der Waals surface area contributed by atoms with Crippen LogP contribution < -0.4 is 20.1 Å². The molecule has 2 unspecified atom stereocenters. The smallest absolute Gasteiger partial charge is 0.241 e. The third-order valence-corrected chi connectivity index (χ3v) is 7.38. The van der Waals surface area contributed by atoms with E-state index in [0.29, 0.717) is 26.4 Å². The van der Waals surface area contributed by atoms with E-state index in [1.165, 1.54) is 11.1 Å². The number of methoxy groups -OCH3 is 1. The summed E-state index contributed by atoms with van der Waals surface area (Å²) in [5.74, 6) is 1.91. The van der Waals surface area contributed by atoms with Gasteiger partial charge in [-0.1, -0.05) is 57.9 Å². The molecule has 0 heterocycles. The summed E-state index contributed by atoms with van der Waals surface area (Å²) in [5, 5.41) is 6.59. The van der Waals surface area contributed by atoms with E-state index in [2.05, 4.69) is 55.7 Å². The summed E-state index contributed by atoms with van der Waals surface area (Å²) in [6.07, 6.45) is 7.03. The first-order valence-electron chi connectivity index (χ1n) is 17.6. The van der Waals surface area contributed by atoms with Gasteiger partial charge >= 0.3 is 0 Å². The Morgan fingerprint density at radius 2 is 1.12 bits per heavy atom. The molecule has 0 bridgehead atoms. The van der Waals surface area contributed by atoms with Gasteiger partial charge in [-0.25, -0.2) is 0 Å². The normalized spacial score (nSPS) is 12.0. The van der Waals surface area contributed by atoms with Gasteiger partial charge in [-0.05, 0) is 80.6 Å². The Morgan fingerprint density at radius 1 is 0.667 bits per heavy atom. The van der Waals surface area contributed by atoms with Crippen LogP contribution >= 0.6 is 0 Å². The molecule has 2 aromatic rings. The van der Waals surface area contributed by atoms with Gasteiger partial charge in [0, 0.05) is 41.9 Å². The van der Waals surface area contributed by atoms with Crippen molar-refractivity contribution in [2.75, 3.05) is 81.4 Å². The molecule has 0 fully saturated rings. The summed E-state index contributed by atoms with van der Waals surface area (Å²) in [6, 6.07) is 15.7. The number of unbranched alkanes of at least 4 members (excludes halogenated alkanes) is 2. The second-order valence-electron chi connectivity index (χ2n) is 12.2. The van der Waals surface area contributed by atoms with Gasteiger partial charge in [-0.2, -0.15) is 0 Å². The summed E-state index contributed by atoms with van der Waals surface area (Å²) in [7, 11) is 8.66. The largest absolute Gasteiger partial charge is 0.494 e. The van der Waals surface area contributed by atoms with Crippen LogP contribution in [-0.4, -0.2) is 115 Å². The van der Waals surface area contributed by atoms with E-state index in [0.717, 1.165) is 76.2 Å². The van der Waals surface area contributed by atoms with E-state index in [1.54, 1.807) is 45.1 Å². The maximum Gasteiger partial charge on any atom is 0.241 e. The molecule has 2 atom stereocenters. The zero-order chi connectivity index (χ0) is 35.6. The maximum atomic E-state index is 12.2. The Labute approximate surface area is 290 Å². The standard InChI is InChI=1S/C20H34N2O3.C18H30N2O3/c1-5-7-14-25-18-10-8-9-17(15-18)11-12-21-19(16-24-13-6-2)20(23)22(3)4;1-5-6-12-23-16-9-7-8-15(13-16)10-11-19-17(14-22-4)18(21)20(2)3/h8-10,15,19,21H,5-7,11-14,16H2,1-4H3;7-9,13,17,19H,5-6,10-12,14H2,1-4H3. The van der Waals surface area contributed by atoms with Gasteiger partial charge in [0.1, 0.15) is 23.6 Å². The number of hydrogen-bond acceptors (Lipinski definition) is 8. The molecule has 0 saturated heterocycles. The summed E-state index contributed by atoms with van der Waals surface area (Å²) in [6.45, 7) is 10.8. The number of rotatable bonds is 24. The summed E-state index contributed by atoms with van der Waals surface area (Å²) in [4.78, 5) is 27.5. The van der Waals surface area contributed by atoms with Gasteiger partial charge in [0.05, 0.1) is 26.4 Å². The van der Waals surface area contributed by atoms with Crippen LogP contribution in [0.2, 0.25) is 0 Å². The zero-order valence-corrected chi connectivity index (χ0v) is 31.0. The van der Waals surface area contributed by atoms with Gasteiger partial charge in [-0.3, -0.25) is 9.59 Å². The molecule has 10 heteroatoms. The molecule has 10 nitrogen and oxygen atoms in total. The first-order chi connectivity index (χ1) is 23.2. The molecule has 48 heavy (non-hydrogen) atoms. The zero-order valence-electron chi connectivity index (χ0n) is 31.0. The Balaban J connectivity index is 0.000000482. The number of carbonyl (C=O) groups excluding carboxylic acids is 2. The van der Waals surface area contributed by atoms with Crippen molar-refractivity contribution in [3.63, 3.8) is 0 Å². The predicted octanol–water partition coefficient (Wildman–Crippen LogP) is 4.98. The minimum atomic E-state index is -0.306. The Morgan fingerprint density at radius 3 is 1.52 bits per heavy atom. The number of ether oxygens (including phenoxy) is 4. The molecule has 0 aromatic heterocycles. The molecule has 272 valence electrons. The fourth-order valence-electron chi connectivity index (χ4n) is 4.60. The minimum absolute atomic E-state index is 0.0310. The van der Waals surface area contributed by atoms with E-state index in [4.69, 9.17) is 18.9 Å². The topological polar surface area (TPSA) is 102 Å². The molecular formula is C38H64N4O6. The Hall–Kier alpha value is -3.18. The molecule has 2 amide bonds. The lowest BCUT2D eigenvalue weighted by molar-refractivity contribution is -0.133. The Bertz CT molecular complexity index is 1130. The van der Waals surface area contributed by atoms with Crippen molar-refractivity contribution in [3.05, 3.63) is 59.7 Å². The van der Waals surface area contributed by atoms with Crippen LogP contribution in [0.4, 0.5) is 0 Å². The van der Waals surface area contributed by atoms with Crippen LogP contribution in [0.3, 0.4) is 0 Å². The van der Waals surface area contributed by atoms with Crippen LogP contribution in [0.15, 0.2) is 48.5 Å². The lowest BCUT2D eigenvalue weighted by Gasteiger charge is -2.21. The van der Waals surface area contributed by atoms with Crippen LogP contribution in [0.5, 0.6) is 11.5 Å². The average Bonchev–Trinajstić information content (AvgIpc) is 3.07. The highest BCUT2D eigenvalue weighted by Crippen LogP contribution is 2.15. The molecule has 0 aliphatic carbocycles. The monoisotopic (exact) mass is 672 g/mol. The van der Waals surface area contributed by atoms with Gasteiger partial charge in [-0.15, -0.1) is 0 Å². The van der Waals surface area contributed by atoms with E-state index in [1.807, 2.05) is 24.3 Å². The van der Waals surface area contributed by atoms with Crippen molar-refractivity contribution in [2.45, 2.75) is 77.8 Å². The summed E-state index contributed by atoms with van der Waals surface area (Å²) >= 11 is 0. The lowest BCUT2D eigenvalue weighted by atomic mass is 10.1. The number of benzene rings is 2. The average molecular weight is 673 g/mol. The van der Waals surface area contributed by atoms with Crippen molar-refractivity contribution in [3.8, 4) is 11.5 Å². The summed E-state index contributed by atoms with van der Waals surface area (Å²) in [5.41, 5.74) is 2.40. The first-order valence-corrected chi connectivity index (χ1v) is 17.6. The van der Waals surface area contributed by atoms with Crippen LogP contribution in [0, 0.1) is 0 Å². The third kappa shape index (κ3) is 19.0. The number of carbonyl (C=O) groups is 2. The fourth-order valence-corrected chi connectivity index (χ4v) is 4.60. The fraction of sp³-hybridized carbons (Fsp3) is 0.632. The predicted molar refractivity (Wildman–Crippen MR) is 195 cm³/mol. The van der Waals surface area contributed by atoms with Crippen molar-refractivity contribution in [2.24, 2.45) is 0 Å². The van der Waals surface area contributed by atoms with Crippen LogP contribution in [-0.2, 0) is 31.9 Å². The number of nitrogens with one attached hydrogen (secondary N) is 2. The third-order valence-electron chi connectivity index (χ3n) is 7.38. The van der Waals surface area contributed by atoms with Crippen molar-refractivity contribution in [1.29, 1.82) is 0 Å². The highest BCUT2D eigenvalue weighted by molar-refractivity contribution is 5.82. The molecule has 0 saturated carbocycles. The lowest BCUT2D eigenvalue weighted by Crippen LogP contribution is -2.47. The molecule has 2 aromatic carbocycles. The molecule has 2 N–H and O–H groups in total. The van der Waals surface area contributed by atoms with Crippen LogP contribution in [0.25, 0.3) is 0 Å². The van der Waals surface area contributed by atoms with E-state index in [-0.39, 0.29) is 23.9 Å². The molecule has 2 rings (SSSR count). The number of hydrogen-bond donors (Lipinski definition) is 2. The molecule has 0 spiro atoms. The molecular weight excluding hydrogens is 608 g/mol. The highest BCUT2D eigenvalue weighted by atomic mass is 16.5. The second kappa shape index (κ2) is 26.7. The molecule has 0 radical (unpaired) electrons. The van der Waals surface area contributed by atoms with Gasteiger partial charge in [0.15, 0.2) is 0 Å². The molecule has 0 aliphatic heterocycles. The van der Waals surface area contributed by atoms with Gasteiger partial charge in [0.25, 0.3) is 0 Å². The van der Waals surface area contributed by atoms with Crippen LogP contribution in [0.1, 0.15) is 64.0 Å². The van der Waals surface area contributed by atoms with E-state index in [9.17, 15) is 9.59 Å². The molecule has 0 aliphatic rings. The second-order valence-corrected chi connectivity index (χ2v) is 12.2. The van der Waals surface area contributed by atoms with Crippen molar-refractivity contribution >= 4 is 11.8 Å². The maximum absolute atomic E-state index is 12.2. The van der Waals surface area contributed by atoms with E-state index < -0.39 is 0 Å². The van der Waals surface area contributed by atoms with Crippen molar-refractivity contribution in [1.82, 2.24) is 20.4 Å².